The summed E-state index contributed by atoms with van der Waals surface area (Å²) in [6.07, 6.45) is -0.640. The van der Waals surface area contributed by atoms with E-state index in [0.29, 0.717) is 17.5 Å². The number of hydrogen-bond donors (Lipinski definition) is 1. The highest BCUT2D eigenvalue weighted by atomic mass is 79.9. The summed E-state index contributed by atoms with van der Waals surface area (Å²) >= 11 is 3.41. The Bertz CT molecular complexity index is 935. The van der Waals surface area contributed by atoms with Crippen molar-refractivity contribution in [3.05, 3.63) is 64.0 Å². The first-order chi connectivity index (χ1) is 12.9. The first-order valence-corrected chi connectivity index (χ1v) is 9.31. The second-order valence-corrected chi connectivity index (χ2v) is 7.24. The Morgan fingerprint density at radius 2 is 1.96 bits per heavy atom. The molecule has 1 unspecified atom stereocenters. The molecule has 0 spiro atoms. The number of amides is 1. The van der Waals surface area contributed by atoms with Crippen LogP contribution < -0.4 is 10.1 Å². The summed E-state index contributed by atoms with van der Waals surface area (Å²) in [5.41, 5.74) is 3.00. The average molecular weight is 430 g/mol. The molecule has 1 amide bonds. The number of aryl methyl sites for hydroxylation is 2. The molecule has 1 aromatic heterocycles. The van der Waals surface area contributed by atoms with E-state index in [9.17, 15) is 4.79 Å². The predicted molar refractivity (Wildman–Crippen MR) is 105 cm³/mol. The molecule has 0 bridgehead atoms. The molecular formula is C20H20BrN3O3. The number of hydrogen-bond acceptors (Lipinski definition) is 5. The Morgan fingerprint density at radius 1 is 1.22 bits per heavy atom. The molecule has 3 rings (SSSR count). The molecule has 0 aliphatic carbocycles. The fourth-order valence-electron chi connectivity index (χ4n) is 2.64. The fraction of sp³-hybridized carbons (Fsp3) is 0.250. The average Bonchev–Trinajstić information content (AvgIpc) is 3.07. The summed E-state index contributed by atoms with van der Waals surface area (Å²) in [6, 6.07) is 13.4. The molecule has 2 aromatic carbocycles. The summed E-state index contributed by atoms with van der Waals surface area (Å²) in [4.78, 5) is 16.6. The maximum absolute atomic E-state index is 12.3. The van der Waals surface area contributed by atoms with Gasteiger partial charge in [0.05, 0.1) is 6.54 Å². The van der Waals surface area contributed by atoms with Gasteiger partial charge in [0.25, 0.3) is 5.91 Å². The van der Waals surface area contributed by atoms with Crippen LogP contribution in [0.3, 0.4) is 0 Å². The van der Waals surface area contributed by atoms with Gasteiger partial charge < -0.3 is 14.6 Å². The van der Waals surface area contributed by atoms with E-state index in [2.05, 4.69) is 37.5 Å². The van der Waals surface area contributed by atoms with Crippen LogP contribution >= 0.6 is 15.9 Å². The maximum atomic E-state index is 12.3. The first kappa shape index (κ1) is 19.1. The molecule has 0 aliphatic rings. The number of ether oxygens (including phenoxy) is 1. The summed E-state index contributed by atoms with van der Waals surface area (Å²) < 4.78 is 11.9. The summed E-state index contributed by atoms with van der Waals surface area (Å²) in [6.45, 7) is 5.82. The highest BCUT2D eigenvalue weighted by molar-refractivity contribution is 9.10. The van der Waals surface area contributed by atoms with Gasteiger partial charge in [-0.15, -0.1) is 0 Å². The molecule has 0 fully saturated rings. The Morgan fingerprint density at radius 3 is 2.67 bits per heavy atom. The third-order valence-electron chi connectivity index (χ3n) is 3.84. The van der Waals surface area contributed by atoms with Crippen LogP contribution in [0.25, 0.3) is 11.4 Å². The molecule has 0 aliphatic heterocycles. The molecule has 1 atom stereocenters. The minimum atomic E-state index is -0.640. The second kappa shape index (κ2) is 8.35. The molecular weight excluding hydrogens is 410 g/mol. The van der Waals surface area contributed by atoms with E-state index in [1.54, 1.807) is 6.92 Å². The van der Waals surface area contributed by atoms with E-state index in [4.69, 9.17) is 9.26 Å². The van der Waals surface area contributed by atoms with E-state index in [0.717, 1.165) is 21.2 Å². The Labute approximate surface area is 166 Å². The predicted octanol–water partition coefficient (Wildman–Crippen LogP) is 4.20. The van der Waals surface area contributed by atoms with Crippen molar-refractivity contribution in [1.29, 1.82) is 0 Å². The van der Waals surface area contributed by atoms with E-state index in [-0.39, 0.29) is 12.5 Å². The van der Waals surface area contributed by atoms with Crippen molar-refractivity contribution < 1.29 is 14.1 Å². The van der Waals surface area contributed by atoms with Crippen LogP contribution in [-0.4, -0.2) is 22.2 Å². The zero-order valence-electron chi connectivity index (χ0n) is 15.3. The quantitative estimate of drug-likeness (QED) is 0.635. The van der Waals surface area contributed by atoms with Crippen molar-refractivity contribution >= 4 is 21.8 Å². The monoisotopic (exact) mass is 429 g/mol. The van der Waals surface area contributed by atoms with Crippen LogP contribution in [0.2, 0.25) is 0 Å². The summed E-state index contributed by atoms with van der Waals surface area (Å²) in [5.74, 6) is 1.22. The molecule has 0 radical (unpaired) electrons. The van der Waals surface area contributed by atoms with Gasteiger partial charge in [-0.2, -0.15) is 4.98 Å². The molecule has 6 nitrogen and oxygen atoms in total. The van der Waals surface area contributed by atoms with Gasteiger partial charge in [0, 0.05) is 10.0 Å². The van der Waals surface area contributed by atoms with Crippen molar-refractivity contribution in [3.8, 4) is 17.1 Å². The highest BCUT2D eigenvalue weighted by Gasteiger charge is 2.16. The Balaban J connectivity index is 1.57. The highest BCUT2D eigenvalue weighted by Crippen LogP contribution is 2.20. The van der Waals surface area contributed by atoms with Gasteiger partial charge in [0.15, 0.2) is 6.10 Å². The number of nitrogens with zero attached hydrogens (tertiary/aromatic N) is 2. The third-order valence-corrected chi connectivity index (χ3v) is 4.34. The molecule has 0 saturated heterocycles. The van der Waals surface area contributed by atoms with Crippen molar-refractivity contribution in [2.45, 2.75) is 33.4 Å². The van der Waals surface area contributed by atoms with Gasteiger partial charge in [0.2, 0.25) is 11.7 Å². The van der Waals surface area contributed by atoms with Crippen molar-refractivity contribution in [1.82, 2.24) is 15.5 Å². The lowest BCUT2D eigenvalue weighted by Crippen LogP contribution is -2.36. The van der Waals surface area contributed by atoms with E-state index < -0.39 is 6.10 Å². The standard InChI is InChI=1S/C20H20BrN3O3/c1-12-7-13(2)9-17(8-12)26-14(3)20(25)22-11-18-23-19(24-27-18)15-5-4-6-16(21)10-15/h4-10,14H,11H2,1-3H3,(H,22,25). The van der Waals surface area contributed by atoms with Crippen LogP contribution in [0.1, 0.15) is 23.9 Å². The van der Waals surface area contributed by atoms with Crippen molar-refractivity contribution in [3.63, 3.8) is 0 Å². The van der Waals surface area contributed by atoms with Crippen molar-refractivity contribution in [2.75, 3.05) is 0 Å². The second-order valence-electron chi connectivity index (χ2n) is 6.32. The third kappa shape index (κ3) is 5.17. The van der Waals surface area contributed by atoms with Gasteiger partial charge in [-0.1, -0.05) is 39.3 Å². The van der Waals surface area contributed by atoms with Gasteiger partial charge in [-0.3, -0.25) is 4.79 Å². The van der Waals surface area contributed by atoms with E-state index >= 15 is 0 Å². The zero-order chi connectivity index (χ0) is 19.4. The van der Waals surface area contributed by atoms with Crippen molar-refractivity contribution in [2.24, 2.45) is 0 Å². The normalized spacial score (nSPS) is 11.9. The number of aromatic nitrogens is 2. The first-order valence-electron chi connectivity index (χ1n) is 8.52. The van der Waals surface area contributed by atoms with Crippen LogP contribution in [-0.2, 0) is 11.3 Å². The lowest BCUT2D eigenvalue weighted by atomic mass is 10.1. The molecule has 3 aromatic rings. The number of carbonyl (C=O) groups excluding carboxylic acids is 1. The summed E-state index contributed by atoms with van der Waals surface area (Å²) in [7, 11) is 0. The minimum Gasteiger partial charge on any atom is -0.481 e. The van der Waals surface area contributed by atoms with Gasteiger partial charge in [-0.25, -0.2) is 0 Å². The largest absolute Gasteiger partial charge is 0.481 e. The lowest BCUT2D eigenvalue weighted by molar-refractivity contribution is -0.127. The topological polar surface area (TPSA) is 77.2 Å². The molecule has 0 saturated carbocycles. The molecule has 140 valence electrons. The number of halogens is 1. The molecule has 27 heavy (non-hydrogen) atoms. The molecule has 1 heterocycles. The minimum absolute atomic E-state index is 0.139. The van der Waals surface area contributed by atoms with Gasteiger partial charge in [0.1, 0.15) is 5.75 Å². The Hall–Kier alpha value is -2.67. The number of nitrogens with one attached hydrogen (secondary N) is 1. The SMILES string of the molecule is Cc1cc(C)cc(OC(C)C(=O)NCc2nc(-c3cccc(Br)c3)no2)c1. The Kier molecular flexibility index (Phi) is 5.91. The summed E-state index contributed by atoms with van der Waals surface area (Å²) in [5, 5.41) is 6.70. The van der Waals surface area contributed by atoms with E-state index in [1.165, 1.54) is 0 Å². The van der Waals surface area contributed by atoms with Crippen LogP contribution in [0.5, 0.6) is 5.75 Å². The lowest BCUT2D eigenvalue weighted by Gasteiger charge is -2.15. The zero-order valence-corrected chi connectivity index (χ0v) is 16.9. The smallest absolute Gasteiger partial charge is 0.261 e. The maximum Gasteiger partial charge on any atom is 0.261 e. The fourth-order valence-corrected chi connectivity index (χ4v) is 3.04. The van der Waals surface area contributed by atoms with Crippen LogP contribution in [0.4, 0.5) is 0 Å². The van der Waals surface area contributed by atoms with E-state index in [1.807, 2.05) is 50.2 Å². The van der Waals surface area contributed by atoms with Crippen LogP contribution in [0.15, 0.2) is 51.5 Å². The number of carbonyl (C=O) groups is 1. The van der Waals surface area contributed by atoms with Crippen LogP contribution in [0, 0.1) is 13.8 Å². The molecule has 7 heteroatoms. The number of benzene rings is 2. The number of rotatable bonds is 6. The molecule has 1 N–H and O–H groups in total. The van der Waals surface area contributed by atoms with Gasteiger partial charge in [-0.05, 0) is 56.2 Å². The van der Waals surface area contributed by atoms with Gasteiger partial charge >= 0.3 is 0 Å².